The lowest BCUT2D eigenvalue weighted by molar-refractivity contribution is 0.281. The molecule has 1 saturated heterocycles. The first-order chi connectivity index (χ1) is 9.05. The van der Waals surface area contributed by atoms with E-state index in [0.717, 1.165) is 17.9 Å². The zero-order valence-corrected chi connectivity index (χ0v) is 13.6. The lowest BCUT2D eigenvalue weighted by Gasteiger charge is -2.20. The van der Waals surface area contributed by atoms with Crippen LogP contribution in [0, 0.1) is 0 Å². The molecule has 0 saturated carbocycles. The van der Waals surface area contributed by atoms with E-state index in [4.69, 9.17) is 5.11 Å². The van der Waals surface area contributed by atoms with Gasteiger partial charge in [0.25, 0.3) is 0 Å². The third-order valence-electron chi connectivity index (χ3n) is 2.98. The van der Waals surface area contributed by atoms with Gasteiger partial charge in [-0.2, -0.15) is 16.1 Å². The molecule has 0 aliphatic carbocycles. The smallest absolute Gasteiger partial charge is 0.244 e. The van der Waals surface area contributed by atoms with Crippen LogP contribution in [-0.2, 0) is 16.6 Å². The standard InChI is InChI=1S/C12H16BrNO3S2/c13-11-3-2-10(9-15)8-12(11)19(16,17)14-4-1-6-18-7-5-14/h2-3,8,15H,1,4-7,9H2. The van der Waals surface area contributed by atoms with Crippen LogP contribution in [0.4, 0.5) is 0 Å². The molecule has 0 atom stereocenters. The number of rotatable bonds is 3. The molecule has 7 heteroatoms. The van der Waals surface area contributed by atoms with Crippen LogP contribution in [-0.4, -0.2) is 42.4 Å². The molecule has 2 rings (SSSR count). The molecule has 0 radical (unpaired) electrons. The summed E-state index contributed by atoms with van der Waals surface area (Å²) in [5.41, 5.74) is 0.603. The second-order valence-electron chi connectivity index (χ2n) is 4.29. The van der Waals surface area contributed by atoms with Crippen molar-refractivity contribution in [3.63, 3.8) is 0 Å². The molecule has 0 aromatic heterocycles. The van der Waals surface area contributed by atoms with Crippen LogP contribution >= 0.6 is 27.7 Å². The number of hydrogen-bond donors (Lipinski definition) is 1. The monoisotopic (exact) mass is 365 g/mol. The predicted octanol–water partition coefficient (Wildman–Crippen LogP) is 2.07. The zero-order valence-electron chi connectivity index (χ0n) is 10.4. The molecule has 1 aromatic rings. The van der Waals surface area contributed by atoms with E-state index in [2.05, 4.69) is 15.9 Å². The van der Waals surface area contributed by atoms with Crippen LogP contribution in [0.2, 0.25) is 0 Å². The molecule has 1 aromatic carbocycles. The summed E-state index contributed by atoms with van der Waals surface area (Å²) in [4.78, 5) is 0.242. The minimum atomic E-state index is -3.49. The van der Waals surface area contributed by atoms with Gasteiger partial charge >= 0.3 is 0 Å². The van der Waals surface area contributed by atoms with Gasteiger partial charge in [-0.1, -0.05) is 6.07 Å². The topological polar surface area (TPSA) is 57.6 Å². The quantitative estimate of drug-likeness (QED) is 0.890. The lowest BCUT2D eigenvalue weighted by atomic mass is 10.2. The van der Waals surface area contributed by atoms with Crippen LogP contribution in [0.1, 0.15) is 12.0 Å². The van der Waals surface area contributed by atoms with Crippen molar-refractivity contribution in [2.45, 2.75) is 17.9 Å². The van der Waals surface area contributed by atoms with E-state index >= 15 is 0 Å². The van der Waals surface area contributed by atoms with Crippen molar-refractivity contribution in [1.29, 1.82) is 0 Å². The molecule has 0 unspecified atom stereocenters. The summed E-state index contributed by atoms with van der Waals surface area (Å²) in [6, 6.07) is 4.92. The van der Waals surface area contributed by atoms with Gasteiger partial charge in [0.2, 0.25) is 10.0 Å². The van der Waals surface area contributed by atoms with E-state index in [1.807, 2.05) is 0 Å². The number of aliphatic hydroxyl groups is 1. The van der Waals surface area contributed by atoms with Crippen LogP contribution in [0.25, 0.3) is 0 Å². The van der Waals surface area contributed by atoms with Gasteiger partial charge in [-0.25, -0.2) is 8.42 Å². The minimum Gasteiger partial charge on any atom is -0.392 e. The summed E-state index contributed by atoms with van der Waals surface area (Å²) in [5.74, 6) is 1.83. The van der Waals surface area contributed by atoms with E-state index in [1.54, 1.807) is 23.9 Å². The predicted molar refractivity (Wildman–Crippen MR) is 80.8 cm³/mol. The highest BCUT2D eigenvalue weighted by Crippen LogP contribution is 2.27. The SMILES string of the molecule is O=S(=O)(c1cc(CO)ccc1Br)N1CCCSCC1. The van der Waals surface area contributed by atoms with Crippen molar-refractivity contribution >= 4 is 37.7 Å². The van der Waals surface area contributed by atoms with Crippen LogP contribution in [0.15, 0.2) is 27.6 Å². The highest BCUT2D eigenvalue weighted by atomic mass is 79.9. The fraction of sp³-hybridized carbons (Fsp3) is 0.500. The Morgan fingerprint density at radius 3 is 2.84 bits per heavy atom. The minimum absolute atomic E-state index is 0.161. The van der Waals surface area contributed by atoms with E-state index in [0.29, 0.717) is 23.1 Å². The molecule has 1 heterocycles. The Morgan fingerprint density at radius 2 is 2.11 bits per heavy atom. The number of halogens is 1. The molecular formula is C12H16BrNO3S2. The summed E-state index contributed by atoms with van der Waals surface area (Å²) in [7, 11) is -3.49. The Labute approximate surface area is 126 Å². The molecule has 4 nitrogen and oxygen atoms in total. The van der Waals surface area contributed by atoms with Gasteiger partial charge in [-0.3, -0.25) is 0 Å². The van der Waals surface area contributed by atoms with Crippen molar-refractivity contribution in [3.8, 4) is 0 Å². The van der Waals surface area contributed by atoms with Crippen molar-refractivity contribution in [1.82, 2.24) is 4.31 Å². The van der Waals surface area contributed by atoms with Gasteiger partial charge in [0, 0.05) is 23.3 Å². The maximum atomic E-state index is 12.6. The first-order valence-electron chi connectivity index (χ1n) is 6.03. The first-order valence-corrected chi connectivity index (χ1v) is 9.41. The van der Waals surface area contributed by atoms with Gasteiger partial charge < -0.3 is 5.11 Å². The number of nitrogens with zero attached hydrogens (tertiary/aromatic N) is 1. The van der Waals surface area contributed by atoms with Crippen LogP contribution < -0.4 is 0 Å². The Hall–Kier alpha value is -0.0800. The first kappa shape index (κ1) is 15.3. The second kappa shape index (κ2) is 6.58. The summed E-state index contributed by atoms with van der Waals surface area (Å²) >= 11 is 5.07. The number of benzene rings is 1. The molecule has 106 valence electrons. The third-order valence-corrected chi connectivity index (χ3v) is 6.92. The van der Waals surface area contributed by atoms with Gasteiger partial charge in [-0.05, 0) is 45.8 Å². The Morgan fingerprint density at radius 1 is 1.32 bits per heavy atom. The van der Waals surface area contributed by atoms with Crippen molar-refractivity contribution in [3.05, 3.63) is 28.2 Å². The summed E-state index contributed by atoms with van der Waals surface area (Å²) in [6.45, 7) is 0.944. The number of hydrogen-bond acceptors (Lipinski definition) is 4. The van der Waals surface area contributed by atoms with E-state index in [1.165, 1.54) is 10.4 Å². The molecule has 1 fully saturated rings. The Balaban J connectivity index is 2.37. The zero-order chi connectivity index (χ0) is 13.9. The summed E-state index contributed by atoms with van der Waals surface area (Å²) < 4.78 is 27.3. The average molecular weight is 366 g/mol. The average Bonchev–Trinajstić information content (AvgIpc) is 2.68. The molecular weight excluding hydrogens is 350 g/mol. The van der Waals surface area contributed by atoms with Gasteiger partial charge in [-0.15, -0.1) is 0 Å². The fourth-order valence-corrected chi connectivity index (χ4v) is 5.40. The Bertz CT molecular complexity index is 540. The normalized spacial score (nSPS) is 18.2. The third kappa shape index (κ3) is 3.52. The van der Waals surface area contributed by atoms with E-state index in [9.17, 15) is 8.42 Å². The van der Waals surface area contributed by atoms with Crippen molar-refractivity contribution < 1.29 is 13.5 Å². The summed E-state index contributed by atoms with van der Waals surface area (Å²) in [6.07, 6.45) is 0.876. The van der Waals surface area contributed by atoms with E-state index < -0.39 is 10.0 Å². The van der Waals surface area contributed by atoms with Crippen molar-refractivity contribution in [2.75, 3.05) is 24.6 Å². The largest absolute Gasteiger partial charge is 0.392 e. The molecule has 1 aliphatic rings. The van der Waals surface area contributed by atoms with Crippen molar-refractivity contribution in [2.24, 2.45) is 0 Å². The number of thioether (sulfide) groups is 1. The highest BCUT2D eigenvalue weighted by Gasteiger charge is 2.27. The van der Waals surface area contributed by atoms with Gasteiger partial charge in [0.15, 0.2) is 0 Å². The van der Waals surface area contributed by atoms with Gasteiger partial charge in [0.05, 0.1) is 11.5 Å². The maximum absolute atomic E-state index is 12.6. The maximum Gasteiger partial charge on any atom is 0.244 e. The molecule has 19 heavy (non-hydrogen) atoms. The molecule has 1 aliphatic heterocycles. The Kier molecular flexibility index (Phi) is 5.30. The molecule has 0 bridgehead atoms. The highest BCUT2D eigenvalue weighted by molar-refractivity contribution is 9.10. The van der Waals surface area contributed by atoms with E-state index in [-0.39, 0.29) is 11.5 Å². The molecule has 0 amide bonds. The molecule has 0 spiro atoms. The number of aliphatic hydroxyl groups excluding tert-OH is 1. The van der Waals surface area contributed by atoms with Crippen LogP contribution in [0.5, 0.6) is 0 Å². The second-order valence-corrected chi connectivity index (χ2v) is 8.28. The van der Waals surface area contributed by atoms with Gasteiger partial charge in [0.1, 0.15) is 0 Å². The number of sulfonamides is 1. The molecule has 1 N–H and O–H groups in total. The van der Waals surface area contributed by atoms with Crippen LogP contribution in [0.3, 0.4) is 0 Å². The summed E-state index contributed by atoms with van der Waals surface area (Å²) in [5, 5.41) is 9.15. The fourth-order valence-electron chi connectivity index (χ4n) is 1.95. The lowest BCUT2D eigenvalue weighted by Crippen LogP contribution is -2.33.